The smallest absolute Gasteiger partial charge is 0.360 e. The van der Waals surface area contributed by atoms with Crippen LogP contribution in [0.4, 0.5) is 0 Å². The number of nitrogens with zero attached hydrogens (tertiary/aromatic N) is 3. The molecule has 8 heteroatoms. The summed E-state index contributed by atoms with van der Waals surface area (Å²) in [6.07, 6.45) is 1.49. The van der Waals surface area contributed by atoms with Crippen LogP contribution in [0.1, 0.15) is 10.5 Å². The number of aromatic carboxylic acids is 1. The van der Waals surface area contributed by atoms with Crippen molar-refractivity contribution >= 4 is 28.9 Å². The van der Waals surface area contributed by atoms with Gasteiger partial charge in [0.05, 0.1) is 11.9 Å². The zero-order valence-electron chi connectivity index (χ0n) is 10.4. The monoisotopic (exact) mass is 321 g/mol. The van der Waals surface area contributed by atoms with Gasteiger partial charge in [-0.1, -0.05) is 41.1 Å². The van der Waals surface area contributed by atoms with Crippen molar-refractivity contribution in [1.29, 1.82) is 0 Å². The number of hydrogen-bond acceptors (Lipinski definition) is 5. The molecule has 0 unspecified atom stereocenters. The molecule has 0 aliphatic carbocycles. The Kier molecular flexibility index (Phi) is 3.59. The average Bonchev–Trinajstić information content (AvgIpc) is 3.07. The lowest BCUT2D eigenvalue weighted by molar-refractivity contribution is 0.0687. The minimum atomic E-state index is -1.18. The molecule has 3 rings (SSSR count). The fourth-order valence-electron chi connectivity index (χ4n) is 1.67. The van der Waals surface area contributed by atoms with Crippen LogP contribution in [0.3, 0.4) is 0 Å². The molecule has 0 radical (unpaired) electrons. The molecule has 0 amide bonds. The van der Waals surface area contributed by atoms with Crippen molar-refractivity contribution in [3.05, 3.63) is 52.8 Å². The number of rotatable bonds is 4. The van der Waals surface area contributed by atoms with Gasteiger partial charge in [-0.2, -0.15) is 10.1 Å². The van der Waals surface area contributed by atoms with E-state index in [1.54, 1.807) is 5.38 Å². The molecule has 1 aromatic carbocycles. The maximum absolute atomic E-state index is 11.3. The maximum Gasteiger partial charge on any atom is 0.360 e. The van der Waals surface area contributed by atoms with Gasteiger partial charge < -0.3 is 9.84 Å². The predicted octanol–water partition coefficient (Wildman–Crippen LogP) is 3.47. The fraction of sp³-hybridized carbons (Fsp3) is 0. The molecule has 106 valence electrons. The Labute approximate surface area is 128 Å². The van der Waals surface area contributed by atoms with Gasteiger partial charge in [-0.3, -0.25) is 0 Å². The van der Waals surface area contributed by atoms with Crippen LogP contribution in [0.2, 0.25) is 5.15 Å². The first-order valence-electron chi connectivity index (χ1n) is 5.81. The zero-order valence-corrected chi connectivity index (χ0v) is 12.0. The standard InChI is InChI=1S/C13H8ClN3O3S/c14-10-7-21-13(15-10)20-9-6-17(16-11(9)12(18)19)8-4-2-1-3-5-8/h1-7H,(H,18,19). The number of hydrogen-bond donors (Lipinski definition) is 1. The Morgan fingerprint density at radius 1 is 1.33 bits per heavy atom. The van der Waals surface area contributed by atoms with E-state index in [1.165, 1.54) is 22.2 Å². The summed E-state index contributed by atoms with van der Waals surface area (Å²) >= 11 is 6.89. The number of thiazole rings is 1. The van der Waals surface area contributed by atoms with E-state index in [2.05, 4.69) is 10.1 Å². The van der Waals surface area contributed by atoms with E-state index in [1.807, 2.05) is 30.3 Å². The molecule has 0 aliphatic rings. The van der Waals surface area contributed by atoms with Crippen LogP contribution in [0.25, 0.3) is 5.69 Å². The molecule has 2 heterocycles. The largest absolute Gasteiger partial charge is 0.476 e. The molecule has 0 atom stereocenters. The Morgan fingerprint density at radius 2 is 2.10 bits per heavy atom. The maximum atomic E-state index is 11.3. The second kappa shape index (κ2) is 5.55. The Morgan fingerprint density at radius 3 is 2.71 bits per heavy atom. The van der Waals surface area contributed by atoms with Crippen molar-refractivity contribution in [2.24, 2.45) is 0 Å². The molecule has 1 N–H and O–H groups in total. The fourth-order valence-corrected chi connectivity index (χ4v) is 2.47. The average molecular weight is 322 g/mol. The predicted molar refractivity (Wildman–Crippen MR) is 77.7 cm³/mol. The molecule has 0 bridgehead atoms. The summed E-state index contributed by atoms with van der Waals surface area (Å²) in [5.74, 6) is -1.07. The number of ether oxygens (including phenoxy) is 1. The van der Waals surface area contributed by atoms with Gasteiger partial charge >= 0.3 is 5.97 Å². The van der Waals surface area contributed by atoms with Gasteiger partial charge in [0.15, 0.2) is 5.75 Å². The summed E-state index contributed by atoms with van der Waals surface area (Å²) < 4.78 is 6.89. The molecule has 21 heavy (non-hydrogen) atoms. The highest BCUT2D eigenvalue weighted by Crippen LogP contribution is 2.29. The van der Waals surface area contributed by atoms with E-state index >= 15 is 0 Å². The van der Waals surface area contributed by atoms with E-state index in [9.17, 15) is 9.90 Å². The van der Waals surface area contributed by atoms with Crippen molar-refractivity contribution in [2.45, 2.75) is 0 Å². The summed E-state index contributed by atoms with van der Waals surface area (Å²) in [5, 5.41) is 15.4. The first-order valence-corrected chi connectivity index (χ1v) is 7.06. The van der Waals surface area contributed by atoms with Crippen molar-refractivity contribution < 1.29 is 14.6 Å². The minimum Gasteiger partial charge on any atom is -0.476 e. The van der Waals surface area contributed by atoms with Gasteiger partial charge in [-0.15, -0.1) is 0 Å². The van der Waals surface area contributed by atoms with Gasteiger partial charge in [0, 0.05) is 5.38 Å². The highest BCUT2D eigenvalue weighted by atomic mass is 35.5. The number of carbonyl (C=O) groups is 1. The summed E-state index contributed by atoms with van der Waals surface area (Å²) in [4.78, 5) is 15.2. The number of carboxylic acids is 1. The third-order valence-corrected chi connectivity index (χ3v) is 3.60. The van der Waals surface area contributed by atoms with Crippen LogP contribution < -0.4 is 4.74 Å². The summed E-state index contributed by atoms with van der Waals surface area (Å²) in [7, 11) is 0. The van der Waals surface area contributed by atoms with Crippen molar-refractivity contribution in [1.82, 2.24) is 14.8 Å². The number of halogens is 1. The molecular formula is C13H8ClN3O3S. The Balaban J connectivity index is 1.99. The third kappa shape index (κ3) is 2.88. The highest BCUT2D eigenvalue weighted by molar-refractivity contribution is 7.11. The highest BCUT2D eigenvalue weighted by Gasteiger charge is 2.19. The molecule has 0 aliphatic heterocycles. The van der Waals surface area contributed by atoms with Crippen molar-refractivity contribution in [3.63, 3.8) is 0 Å². The minimum absolute atomic E-state index is 0.109. The number of carboxylic acid groups (broad SMARTS) is 1. The first-order chi connectivity index (χ1) is 10.1. The van der Waals surface area contributed by atoms with E-state index < -0.39 is 5.97 Å². The van der Waals surface area contributed by atoms with Crippen LogP contribution >= 0.6 is 22.9 Å². The molecule has 0 saturated carbocycles. The van der Waals surface area contributed by atoms with Gasteiger partial charge in [0.2, 0.25) is 5.69 Å². The molecule has 2 aromatic heterocycles. The number of aromatic nitrogens is 3. The lowest BCUT2D eigenvalue weighted by atomic mass is 10.3. The second-order valence-electron chi connectivity index (χ2n) is 3.97. The van der Waals surface area contributed by atoms with E-state index in [0.717, 1.165) is 5.69 Å². The SMILES string of the molecule is O=C(O)c1nn(-c2ccccc2)cc1Oc1nc(Cl)cs1. The first kappa shape index (κ1) is 13.6. The van der Waals surface area contributed by atoms with Gasteiger partial charge in [-0.25, -0.2) is 9.48 Å². The van der Waals surface area contributed by atoms with Crippen molar-refractivity contribution in [2.75, 3.05) is 0 Å². The molecule has 0 saturated heterocycles. The van der Waals surface area contributed by atoms with Crippen molar-refractivity contribution in [3.8, 4) is 16.6 Å². The zero-order chi connectivity index (χ0) is 14.8. The third-order valence-electron chi connectivity index (χ3n) is 2.56. The lowest BCUT2D eigenvalue weighted by Gasteiger charge is -1.99. The van der Waals surface area contributed by atoms with Crippen LogP contribution in [0.5, 0.6) is 10.9 Å². The Bertz CT molecular complexity index is 785. The molecule has 0 spiro atoms. The molecular weight excluding hydrogens is 314 g/mol. The summed E-state index contributed by atoms with van der Waals surface area (Å²) in [5.41, 5.74) is 0.539. The summed E-state index contributed by atoms with van der Waals surface area (Å²) in [6.45, 7) is 0. The number of para-hydroxylation sites is 1. The normalized spacial score (nSPS) is 10.5. The number of benzene rings is 1. The van der Waals surface area contributed by atoms with Gasteiger partial charge in [-0.05, 0) is 12.1 Å². The quantitative estimate of drug-likeness (QED) is 0.796. The van der Waals surface area contributed by atoms with E-state index in [0.29, 0.717) is 5.15 Å². The Hall–Kier alpha value is -2.38. The van der Waals surface area contributed by atoms with Crippen LogP contribution in [-0.2, 0) is 0 Å². The second-order valence-corrected chi connectivity index (χ2v) is 5.17. The van der Waals surface area contributed by atoms with Crippen LogP contribution in [0.15, 0.2) is 41.9 Å². The van der Waals surface area contributed by atoms with Gasteiger partial charge in [0.25, 0.3) is 5.19 Å². The molecule has 6 nitrogen and oxygen atoms in total. The van der Waals surface area contributed by atoms with E-state index in [-0.39, 0.29) is 16.6 Å². The summed E-state index contributed by atoms with van der Waals surface area (Å²) in [6, 6.07) is 9.14. The van der Waals surface area contributed by atoms with Crippen LogP contribution in [-0.4, -0.2) is 25.8 Å². The van der Waals surface area contributed by atoms with Gasteiger partial charge in [0.1, 0.15) is 5.15 Å². The topological polar surface area (TPSA) is 77.2 Å². The molecule has 3 aromatic rings. The molecule has 0 fully saturated rings. The lowest BCUT2D eigenvalue weighted by Crippen LogP contribution is -2.01. The van der Waals surface area contributed by atoms with E-state index in [4.69, 9.17) is 16.3 Å². The van der Waals surface area contributed by atoms with Crippen LogP contribution in [0, 0.1) is 0 Å².